The number of nitrogens with one attached hydrogen (secondary N) is 2. The highest BCUT2D eigenvalue weighted by Crippen LogP contribution is 2.25. The molecule has 9 nitrogen and oxygen atoms in total. The maximum atomic E-state index is 13.1. The topological polar surface area (TPSA) is 125 Å². The van der Waals surface area contributed by atoms with Gasteiger partial charge in [-0.25, -0.2) is 17.6 Å². The van der Waals surface area contributed by atoms with E-state index in [2.05, 4.69) is 10.0 Å². The van der Waals surface area contributed by atoms with Crippen molar-refractivity contribution in [1.82, 2.24) is 4.90 Å². The third-order valence-electron chi connectivity index (χ3n) is 4.46. The molecule has 2 aromatic carbocycles. The number of hydrogen-bond acceptors (Lipinski definition) is 7. The van der Waals surface area contributed by atoms with E-state index in [0.717, 1.165) is 24.3 Å². The first kappa shape index (κ1) is 22.2. The Morgan fingerprint density at radius 3 is 2.52 bits per heavy atom. The number of ether oxygens (including phenoxy) is 1. The molecule has 3 rings (SSSR count). The fraction of sp³-hybridized carbons (Fsp3) is 0.200. The van der Waals surface area contributed by atoms with Crippen LogP contribution in [0.3, 0.4) is 0 Å². The van der Waals surface area contributed by atoms with Gasteiger partial charge in [-0.15, -0.1) is 0 Å². The third kappa shape index (κ3) is 5.01. The zero-order chi connectivity index (χ0) is 22.6. The molecule has 1 amide bonds. The van der Waals surface area contributed by atoms with Crippen molar-refractivity contribution in [3.05, 3.63) is 65.6 Å². The second-order valence-corrected chi connectivity index (χ2v) is 8.24. The Bertz CT molecular complexity index is 1130. The van der Waals surface area contributed by atoms with Gasteiger partial charge in [-0.2, -0.15) is 0 Å². The summed E-state index contributed by atoms with van der Waals surface area (Å²) in [4.78, 5) is 25.8. The summed E-state index contributed by atoms with van der Waals surface area (Å²) in [7, 11) is -2.77. The molecule has 164 valence electrons. The molecule has 11 heteroatoms. The van der Waals surface area contributed by atoms with E-state index in [-0.39, 0.29) is 41.5 Å². The zero-order valence-corrected chi connectivity index (χ0v) is 17.3. The van der Waals surface area contributed by atoms with E-state index in [1.54, 1.807) is 12.1 Å². The second-order valence-electron chi connectivity index (χ2n) is 6.56. The number of methoxy groups -OCH3 is 1. The number of anilines is 2. The van der Waals surface area contributed by atoms with Gasteiger partial charge in [0.25, 0.3) is 15.9 Å². The molecular weight excluding hydrogens is 429 g/mol. The van der Waals surface area contributed by atoms with Gasteiger partial charge in [0.1, 0.15) is 11.5 Å². The number of nitrogens with zero attached hydrogens (tertiary/aromatic N) is 1. The number of hydrogen-bond donors (Lipinski definition) is 3. The van der Waals surface area contributed by atoms with Gasteiger partial charge in [0, 0.05) is 12.2 Å². The van der Waals surface area contributed by atoms with Crippen LogP contribution in [0.1, 0.15) is 0 Å². The molecule has 1 aliphatic heterocycles. The number of aliphatic hydroxyl groups excluding tert-OH is 1. The first-order chi connectivity index (χ1) is 14.7. The molecule has 0 aromatic heterocycles. The van der Waals surface area contributed by atoms with Crippen LogP contribution in [0, 0.1) is 5.82 Å². The zero-order valence-electron chi connectivity index (χ0n) is 16.5. The molecule has 0 fully saturated rings. The van der Waals surface area contributed by atoms with Crippen molar-refractivity contribution in [2.45, 2.75) is 4.90 Å². The van der Waals surface area contributed by atoms with Crippen LogP contribution in [0.5, 0.6) is 0 Å². The standard InChI is InChI=1S/C20H20FN3O6S/c1-30-20(27)17-12-24(9-10-25)19(26)18(17)22-14-3-2-4-15(11-14)23-31(28,29)16-7-5-13(21)6-8-16/h2-8,11,22-23,25H,9-10,12H2,1H3. The van der Waals surface area contributed by atoms with E-state index in [4.69, 9.17) is 9.84 Å². The number of carbonyl (C=O) groups is 2. The first-order valence-corrected chi connectivity index (χ1v) is 10.6. The average Bonchev–Trinajstić information content (AvgIpc) is 3.03. The minimum absolute atomic E-state index is 0.0150. The van der Waals surface area contributed by atoms with Crippen molar-refractivity contribution < 1.29 is 32.2 Å². The second kappa shape index (κ2) is 9.14. The monoisotopic (exact) mass is 449 g/mol. The SMILES string of the molecule is COC(=O)C1=C(Nc2cccc(NS(=O)(=O)c3ccc(F)cc3)c2)C(=O)N(CCO)C1. The predicted octanol–water partition coefficient (Wildman–Crippen LogP) is 1.30. The number of rotatable bonds is 8. The van der Waals surface area contributed by atoms with Gasteiger partial charge in [0.15, 0.2) is 0 Å². The van der Waals surface area contributed by atoms with Crippen LogP contribution < -0.4 is 10.0 Å². The smallest absolute Gasteiger partial charge is 0.337 e. The van der Waals surface area contributed by atoms with Gasteiger partial charge < -0.3 is 20.1 Å². The Kier molecular flexibility index (Phi) is 6.56. The summed E-state index contributed by atoms with van der Waals surface area (Å²) < 4.78 is 45.2. The number of esters is 1. The Morgan fingerprint density at radius 2 is 1.87 bits per heavy atom. The predicted molar refractivity (Wildman–Crippen MR) is 110 cm³/mol. The highest BCUT2D eigenvalue weighted by atomic mass is 32.2. The third-order valence-corrected chi connectivity index (χ3v) is 5.86. The Labute approximate surface area is 178 Å². The van der Waals surface area contributed by atoms with Crippen LogP contribution in [0.25, 0.3) is 0 Å². The normalized spacial score (nSPS) is 14.0. The number of β-amino-alcohol motifs (C(OH)–C–C–N with tert-alkyl or cyclic N) is 1. The number of sulfonamides is 1. The van der Waals surface area contributed by atoms with E-state index in [1.807, 2.05) is 0 Å². The molecule has 1 aliphatic rings. The highest BCUT2D eigenvalue weighted by molar-refractivity contribution is 7.92. The van der Waals surface area contributed by atoms with E-state index < -0.39 is 27.7 Å². The van der Waals surface area contributed by atoms with Crippen LogP contribution in [-0.4, -0.2) is 57.1 Å². The molecule has 0 saturated heterocycles. The summed E-state index contributed by atoms with van der Waals surface area (Å²) in [5.74, 6) is -1.74. The molecule has 0 spiro atoms. The molecule has 0 bridgehead atoms. The number of aliphatic hydroxyl groups is 1. The van der Waals surface area contributed by atoms with Crippen molar-refractivity contribution in [2.75, 3.05) is 36.8 Å². The van der Waals surface area contributed by atoms with Crippen LogP contribution in [-0.2, 0) is 24.3 Å². The molecule has 1 heterocycles. The number of benzene rings is 2. The van der Waals surface area contributed by atoms with Gasteiger partial charge in [0.05, 0.1) is 36.4 Å². The molecule has 31 heavy (non-hydrogen) atoms. The fourth-order valence-corrected chi connectivity index (χ4v) is 4.03. The van der Waals surface area contributed by atoms with Gasteiger partial charge in [-0.05, 0) is 42.5 Å². The van der Waals surface area contributed by atoms with Gasteiger partial charge in [-0.1, -0.05) is 6.07 Å². The van der Waals surface area contributed by atoms with E-state index >= 15 is 0 Å². The lowest BCUT2D eigenvalue weighted by Gasteiger charge is -2.15. The molecule has 0 atom stereocenters. The Balaban J connectivity index is 1.84. The van der Waals surface area contributed by atoms with Crippen LogP contribution >= 0.6 is 0 Å². The van der Waals surface area contributed by atoms with Crippen LogP contribution in [0.4, 0.5) is 15.8 Å². The summed E-state index contributed by atoms with van der Waals surface area (Å²) in [5, 5.41) is 12.0. The van der Waals surface area contributed by atoms with Crippen molar-refractivity contribution in [3.63, 3.8) is 0 Å². The first-order valence-electron chi connectivity index (χ1n) is 9.12. The van der Waals surface area contributed by atoms with Gasteiger partial charge in [0.2, 0.25) is 0 Å². The van der Waals surface area contributed by atoms with Crippen molar-refractivity contribution >= 4 is 33.3 Å². The molecule has 2 aromatic rings. The van der Waals surface area contributed by atoms with E-state index in [0.29, 0.717) is 5.69 Å². The number of halogens is 1. The Hall–Kier alpha value is -3.44. The van der Waals surface area contributed by atoms with Crippen molar-refractivity contribution in [1.29, 1.82) is 0 Å². The minimum atomic E-state index is -3.96. The summed E-state index contributed by atoms with van der Waals surface area (Å²) >= 11 is 0. The summed E-state index contributed by atoms with van der Waals surface area (Å²) in [6.45, 7) is -0.249. The van der Waals surface area contributed by atoms with Crippen LogP contribution in [0.15, 0.2) is 64.7 Å². The minimum Gasteiger partial charge on any atom is -0.466 e. The summed E-state index contributed by atoms with van der Waals surface area (Å²) in [5.41, 5.74) is 0.610. The van der Waals surface area contributed by atoms with E-state index in [1.165, 1.54) is 24.1 Å². The largest absolute Gasteiger partial charge is 0.466 e. The molecular formula is C20H20FN3O6S. The van der Waals surface area contributed by atoms with Gasteiger partial charge in [-0.3, -0.25) is 9.52 Å². The molecule has 0 unspecified atom stereocenters. The quantitative estimate of drug-likeness (QED) is 0.519. The van der Waals surface area contributed by atoms with Crippen molar-refractivity contribution in [2.24, 2.45) is 0 Å². The number of amides is 1. The lowest BCUT2D eigenvalue weighted by molar-refractivity contribution is -0.136. The van der Waals surface area contributed by atoms with Crippen molar-refractivity contribution in [3.8, 4) is 0 Å². The summed E-state index contributed by atoms with van der Waals surface area (Å²) in [6, 6.07) is 10.4. The van der Waals surface area contributed by atoms with Crippen LogP contribution in [0.2, 0.25) is 0 Å². The lowest BCUT2D eigenvalue weighted by atomic mass is 10.2. The maximum Gasteiger partial charge on any atom is 0.337 e. The molecule has 0 radical (unpaired) electrons. The molecule has 0 aliphatic carbocycles. The number of carbonyl (C=O) groups excluding carboxylic acids is 2. The highest BCUT2D eigenvalue weighted by Gasteiger charge is 2.34. The molecule has 3 N–H and O–H groups in total. The van der Waals surface area contributed by atoms with Gasteiger partial charge >= 0.3 is 5.97 Å². The lowest BCUT2D eigenvalue weighted by Crippen LogP contribution is -2.31. The molecule has 0 saturated carbocycles. The van der Waals surface area contributed by atoms with E-state index in [9.17, 15) is 22.4 Å². The summed E-state index contributed by atoms with van der Waals surface area (Å²) in [6.07, 6.45) is 0. The average molecular weight is 449 g/mol. The maximum absolute atomic E-state index is 13.1. The fourth-order valence-electron chi connectivity index (χ4n) is 2.98. The Morgan fingerprint density at radius 1 is 1.19 bits per heavy atom.